The number of para-hydroxylation sites is 1. The summed E-state index contributed by atoms with van der Waals surface area (Å²) >= 11 is 0. The number of methoxy groups -OCH3 is 1. The minimum atomic E-state index is -0.429. The predicted molar refractivity (Wildman–Crippen MR) is 76.2 cm³/mol. The average Bonchev–Trinajstić information content (AvgIpc) is 2.40. The van der Waals surface area contributed by atoms with Gasteiger partial charge in [-0.2, -0.15) is 0 Å². The van der Waals surface area contributed by atoms with Gasteiger partial charge in [0.05, 0.1) is 16.9 Å². The SMILES string of the molecule is COCC1CCN(c2c(N)cccc2C(N)=O)CC1. The van der Waals surface area contributed by atoms with E-state index in [0.717, 1.165) is 38.2 Å². The molecule has 2 rings (SSSR count). The van der Waals surface area contributed by atoms with Gasteiger partial charge in [0.25, 0.3) is 5.91 Å². The largest absolute Gasteiger partial charge is 0.397 e. The first-order valence-corrected chi connectivity index (χ1v) is 6.55. The molecular formula is C14H21N3O2. The summed E-state index contributed by atoms with van der Waals surface area (Å²) < 4.78 is 5.19. The molecule has 0 spiro atoms. The zero-order valence-corrected chi connectivity index (χ0v) is 11.3. The fraction of sp³-hybridized carbons (Fsp3) is 0.500. The van der Waals surface area contributed by atoms with Crippen molar-refractivity contribution in [2.75, 3.05) is 37.4 Å². The highest BCUT2D eigenvalue weighted by Crippen LogP contribution is 2.31. The van der Waals surface area contributed by atoms with Crippen molar-refractivity contribution < 1.29 is 9.53 Å². The fourth-order valence-corrected chi connectivity index (χ4v) is 2.67. The second-order valence-electron chi connectivity index (χ2n) is 4.99. The van der Waals surface area contributed by atoms with E-state index < -0.39 is 5.91 Å². The molecule has 5 nitrogen and oxygen atoms in total. The van der Waals surface area contributed by atoms with E-state index in [2.05, 4.69) is 4.90 Å². The summed E-state index contributed by atoms with van der Waals surface area (Å²) in [5.41, 5.74) is 13.3. The molecule has 0 radical (unpaired) electrons. The van der Waals surface area contributed by atoms with E-state index in [1.165, 1.54) is 0 Å². The minimum absolute atomic E-state index is 0.429. The van der Waals surface area contributed by atoms with Crippen molar-refractivity contribution >= 4 is 17.3 Å². The second-order valence-corrected chi connectivity index (χ2v) is 4.99. The molecule has 1 amide bonds. The van der Waals surface area contributed by atoms with Crippen LogP contribution in [-0.4, -0.2) is 32.7 Å². The number of rotatable bonds is 4. The fourth-order valence-electron chi connectivity index (χ4n) is 2.67. The Morgan fingerprint density at radius 3 is 2.68 bits per heavy atom. The standard InChI is InChI=1S/C14H21N3O2/c1-19-9-10-5-7-17(8-6-10)13-11(14(16)18)3-2-4-12(13)15/h2-4,10H,5-9,15H2,1H3,(H2,16,18). The minimum Gasteiger partial charge on any atom is -0.397 e. The zero-order chi connectivity index (χ0) is 13.8. The van der Waals surface area contributed by atoms with Gasteiger partial charge in [0.2, 0.25) is 0 Å². The summed E-state index contributed by atoms with van der Waals surface area (Å²) in [4.78, 5) is 13.7. The Labute approximate surface area is 113 Å². The number of amides is 1. The number of nitrogens with zero attached hydrogens (tertiary/aromatic N) is 1. The molecule has 0 unspecified atom stereocenters. The number of carbonyl (C=O) groups is 1. The highest BCUT2D eigenvalue weighted by molar-refractivity contribution is 6.01. The monoisotopic (exact) mass is 263 g/mol. The number of nitrogen functional groups attached to an aromatic ring is 1. The molecule has 1 heterocycles. The summed E-state index contributed by atoms with van der Waals surface area (Å²) in [6, 6.07) is 5.30. The van der Waals surface area contributed by atoms with Crippen LogP contribution in [0.4, 0.5) is 11.4 Å². The lowest BCUT2D eigenvalue weighted by molar-refractivity contribution is 0.100. The molecule has 0 bridgehead atoms. The van der Waals surface area contributed by atoms with Crippen molar-refractivity contribution in [3.8, 4) is 0 Å². The smallest absolute Gasteiger partial charge is 0.250 e. The first kappa shape index (κ1) is 13.7. The van der Waals surface area contributed by atoms with E-state index in [9.17, 15) is 4.79 Å². The second kappa shape index (κ2) is 5.93. The maximum Gasteiger partial charge on any atom is 0.250 e. The van der Waals surface area contributed by atoms with Crippen LogP contribution in [0.15, 0.2) is 18.2 Å². The summed E-state index contributed by atoms with van der Waals surface area (Å²) in [5.74, 6) is 0.157. The predicted octanol–water partition coefficient (Wildman–Crippen LogP) is 1.23. The van der Waals surface area contributed by atoms with Gasteiger partial charge in [-0.05, 0) is 30.9 Å². The Kier molecular flexibility index (Phi) is 4.27. The number of hydrogen-bond donors (Lipinski definition) is 2. The Balaban J connectivity index is 2.17. The normalized spacial score (nSPS) is 16.6. The van der Waals surface area contributed by atoms with E-state index in [4.69, 9.17) is 16.2 Å². The van der Waals surface area contributed by atoms with Crippen molar-refractivity contribution in [1.82, 2.24) is 0 Å². The molecule has 0 aromatic heterocycles. The van der Waals surface area contributed by atoms with Crippen molar-refractivity contribution in [2.45, 2.75) is 12.8 Å². The third kappa shape index (κ3) is 2.98. The van der Waals surface area contributed by atoms with Crippen LogP contribution in [0.2, 0.25) is 0 Å². The highest BCUT2D eigenvalue weighted by atomic mass is 16.5. The number of hydrogen-bond acceptors (Lipinski definition) is 4. The molecule has 0 atom stereocenters. The summed E-state index contributed by atoms with van der Waals surface area (Å²) in [7, 11) is 1.73. The van der Waals surface area contributed by atoms with Gasteiger partial charge in [-0.3, -0.25) is 4.79 Å². The molecule has 5 heteroatoms. The molecule has 0 aliphatic carbocycles. The third-order valence-corrected chi connectivity index (χ3v) is 3.67. The van der Waals surface area contributed by atoms with Gasteiger partial charge in [-0.15, -0.1) is 0 Å². The maximum absolute atomic E-state index is 11.5. The molecule has 1 fully saturated rings. The molecule has 4 N–H and O–H groups in total. The van der Waals surface area contributed by atoms with Crippen LogP contribution in [0.5, 0.6) is 0 Å². The van der Waals surface area contributed by atoms with Crippen LogP contribution in [0.25, 0.3) is 0 Å². The number of primary amides is 1. The third-order valence-electron chi connectivity index (χ3n) is 3.67. The van der Waals surface area contributed by atoms with Gasteiger partial charge in [-0.1, -0.05) is 6.07 Å². The zero-order valence-electron chi connectivity index (χ0n) is 11.3. The van der Waals surface area contributed by atoms with Gasteiger partial charge >= 0.3 is 0 Å². The Hall–Kier alpha value is -1.75. The topological polar surface area (TPSA) is 81.6 Å². The number of carbonyl (C=O) groups excluding carboxylic acids is 1. The average molecular weight is 263 g/mol. The Morgan fingerprint density at radius 2 is 2.11 bits per heavy atom. The number of nitrogens with two attached hydrogens (primary N) is 2. The molecule has 104 valence electrons. The van der Waals surface area contributed by atoms with Crippen molar-refractivity contribution in [2.24, 2.45) is 11.7 Å². The maximum atomic E-state index is 11.5. The highest BCUT2D eigenvalue weighted by Gasteiger charge is 2.23. The lowest BCUT2D eigenvalue weighted by atomic mass is 9.96. The summed E-state index contributed by atoms with van der Waals surface area (Å²) in [5, 5.41) is 0. The van der Waals surface area contributed by atoms with Crippen LogP contribution in [0, 0.1) is 5.92 Å². The number of benzene rings is 1. The van der Waals surface area contributed by atoms with Crippen LogP contribution in [0.1, 0.15) is 23.2 Å². The van der Waals surface area contributed by atoms with Crippen molar-refractivity contribution in [3.05, 3.63) is 23.8 Å². The van der Waals surface area contributed by atoms with Crippen molar-refractivity contribution in [3.63, 3.8) is 0 Å². The molecule has 19 heavy (non-hydrogen) atoms. The lowest BCUT2D eigenvalue weighted by Crippen LogP contribution is -2.36. The van der Waals surface area contributed by atoms with Gasteiger partial charge < -0.3 is 21.1 Å². The Morgan fingerprint density at radius 1 is 1.42 bits per heavy atom. The van der Waals surface area contributed by atoms with Gasteiger partial charge in [-0.25, -0.2) is 0 Å². The molecule has 1 saturated heterocycles. The van der Waals surface area contributed by atoms with Crippen LogP contribution >= 0.6 is 0 Å². The first-order valence-electron chi connectivity index (χ1n) is 6.55. The first-order chi connectivity index (χ1) is 9.13. The molecule has 1 aromatic carbocycles. The quantitative estimate of drug-likeness (QED) is 0.801. The van der Waals surface area contributed by atoms with Gasteiger partial charge in [0, 0.05) is 26.8 Å². The van der Waals surface area contributed by atoms with Crippen molar-refractivity contribution in [1.29, 1.82) is 0 Å². The van der Waals surface area contributed by atoms with Gasteiger partial charge in [0.1, 0.15) is 0 Å². The molecule has 1 aliphatic heterocycles. The summed E-state index contributed by atoms with van der Waals surface area (Å²) in [6.07, 6.45) is 2.08. The van der Waals surface area contributed by atoms with E-state index in [0.29, 0.717) is 17.2 Å². The molecular weight excluding hydrogens is 242 g/mol. The van der Waals surface area contributed by atoms with E-state index in [1.807, 2.05) is 6.07 Å². The van der Waals surface area contributed by atoms with Crippen LogP contribution in [0.3, 0.4) is 0 Å². The lowest BCUT2D eigenvalue weighted by Gasteiger charge is -2.34. The Bertz CT molecular complexity index is 454. The number of ether oxygens (including phenoxy) is 1. The van der Waals surface area contributed by atoms with E-state index in [1.54, 1.807) is 19.2 Å². The van der Waals surface area contributed by atoms with Gasteiger partial charge in [0.15, 0.2) is 0 Å². The van der Waals surface area contributed by atoms with E-state index >= 15 is 0 Å². The molecule has 0 saturated carbocycles. The molecule has 1 aromatic rings. The van der Waals surface area contributed by atoms with E-state index in [-0.39, 0.29) is 0 Å². The number of anilines is 2. The van der Waals surface area contributed by atoms with Crippen LogP contribution < -0.4 is 16.4 Å². The van der Waals surface area contributed by atoms with Crippen LogP contribution in [-0.2, 0) is 4.74 Å². The molecule has 1 aliphatic rings. The number of piperidine rings is 1. The summed E-state index contributed by atoms with van der Waals surface area (Å²) in [6.45, 7) is 2.55.